The first-order valence-electron chi connectivity index (χ1n) is 3.41. The van der Waals surface area contributed by atoms with Crippen molar-refractivity contribution in [1.82, 2.24) is 5.32 Å². The first kappa shape index (κ1) is 12.0. The average Bonchev–Trinajstić information content (AvgIpc) is 2.09. The number of alkyl halides is 3. The highest BCUT2D eigenvalue weighted by Crippen LogP contribution is 2.30. The fraction of sp³-hybridized carbons (Fsp3) is 1.00. The lowest BCUT2D eigenvalue weighted by Crippen LogP contribution is -2.36. The van der Waals surface area contributed by atoms with Crippen molar-refractivity contribution >= 4 is 12.4 Å². The van der Waals surface area contributed by atoms with Gasteiger partial charge in [-0.2, -0.15) is 13.2 Å². The zero-order valence-electron chi connectivity index (χ0n) is 6.32. The summed E-state index contributed by atoms with van der Waals surface area (Å²) in [5, 5.41) is 11.9. The molecule has 1 aliphatic rings. The number of nitrogens with one attached hydrogen (secondary N) is 1. The highest BCUT2D eigenvalue weighted by Gasteiger charge is 2.42. The standard InChI is InChI=1S/C6H10F3NO.ClH/c7-6(8,9)3-5(11)1-2-10-4-5;/h10-11H,1-4H2;1H. The van der Waals surface area contributed by atoms with Crippen LogP contribution < -0.4 is 5.32 Å². The summed E-state index contributed by atoms with van der Waals surface area (Å²) in [5.41, 5.74) is -1.56. The predicted octanol–water partition coefficient (Wildman–Crippen LogP) is 1.09. The number of aliphatic hydroxyl groups is 1. The lowest BCUT2D eigenvalue weighted by molar-refractivity contribution is -0.171. The Balaban J connectivity index is 0.00000121. The Bertz CT molecular complexity index is 144. The van der Waals surface area contributed by atoms with Gasteiger partial charge >= 0.3 is 6.18 Å². The van der Waals surface area contributed by atoms with Gasteiger partial charge in [0.1, 0.15) is 0 Å². The minimum atomic E-state index is -4.26. The van der Waals surface area contributed by atoms with Crippen molar-refractivity contribution in [1.29, 1.82) is 0 Å². The summed E-state index contributed by atoms with van der Waals surface area (Å²) in [4.78, 5) is 0. The molecule has 1 heterocycles. The van der Waals surface area contributed by atoms with E-state index >= 15 is 0 Å². The molecule has 0 amide bonds. The topological polar surface area (TPSA) is 32.3 Å². The molecule has 1 rings (SSSR count). The normalized spacial score (nSPS) is 30.0. The summed E-state index contributed by atoms with van der Waals surface area (Å²) in [5.74, 6) is 0. The molecule has 1 fully saturated rings. The van der Waals surface area contributed by atoms with Gasteiger partial charge in [-0.15, -0.1) is 12.4 Å². The van der Waals surface area contributed by atoms with Gasteiger partial charge in [-0.25, -0.2) is 0 Å². The summed E-state index contributed by atoms with van der Waals surface area (Å²) in [6.45, 7) is 0.513. The average molecular weight is 206 g/mol. The highest BCUT2D eigenvalue weighted by atomic mass is 35.5. The summed E-state index contributed by atoms with van der Waals surface area (Å²) in [6.07, 6.45) is -5.18. The molecule has 6 heteroatoms. The van der Waals surface area contributed by atoms with Crippen molar-refractivity contribution in [3.63, 3.8) is 0 Å². The van der Waals surface area contributed by atoms with Crippen LogP contribution in [0, 0.1) is 0 Å². The number of hydrogen-bond donors (Lipinski definition) is 2. The monoisotopic (exact) mass is 205 g/mol. The van der Waals surface area contributed by atoms with Gasteiger partial charge in [-0.3, -0.25) is 0 Å². The van der Waals surface area contributed by atoms with E-state index in [1.54, 1.807) is 0 Å². The quantitative estimate of drug-likeness (QED) is 0.672. The van der Waals surface area contributed by atoms with Crippen LogP contribution in [0.15, 0.2) is 0 Å². The molecule has 74 valence electrons. The van der Waals surface area contributed by atoms with Gasteiger partial charge in [-0.05, 0) is 13.0 Å². The molecular formula is C6H11ClF3NO. The van der Waals surface area contributed by atoms with Crippen LogP contribution in [-0.2, 0) is 0 Å². The molecule has 2 nitrogen and oxygen atoms in total. The van der Waals surface area contributed by atoms with Crippen LogP contribution in [-0.4, -0.2) is 30.0 Å². The van der Waals surface area contributed by atoms with Crippen molar-refractivity contribution in [3.05, 3.63) is 0 Å². The minimum Gasteiger partial charge on any atom is -0.388 e. The fourth-order valence-electron chi connectivity index (χ4n) is 1.25. The van der Waals surface area contributed by atoms with Crippen LogP contribution in [0.25, 0.3) is 0 Å². The number of halogens is 4. The molecule has 0 bridgehead atoms. The number of hydrogen-bond acceptors (Lipinski definition) is 2. The molecule has 1 aliphatic heterocycles. The predicted molar refractivity (Wildman–Crippen MR) is 40.4 cm³/mol. The Morgan fingerprint density at radius 3 is 2.33 bits per heavy atom. The van der Waals surface area contributed by atoms with Gasteiger partial charge in [0, 0.05) is 6.54 Å². The van der Waals surface area contributed by atoms with Gasteiger partial charge < -0.3 is 10.4 Å². The van der Waals surface area contributed by atoms with Gasteiger partial charge in [0.25, 0.3) is 0 Å². The van der Waals surface area contributed by atoms with E-state index in [2.05, 4.69) is 5.32 Å². The Kier molecular flexibility index (Phi) is 3.81. The van der Waals surface area contributed by atoms with Crippen LogP contribution in [0.2, 0.25) is 0 Å². The molecule has 1 saturated heterocycles. The molecule has 0 aliphatic carbocycles. The minimum absolute atomic E-state index is 0. The molecule has 1 unspecified atom stereocenters. The van der Waals surface area contributed by atoms with Crippen LogP contribution in [0.1, 0.15) is 12.8 Å². The Morgan fingerprint density at radius 2 is 2.00 bits per heavy atom. The van der Waals surface area contributed by atoms with Crippen molar-refractivity contribution in [2.45, 2.75) is 24.6 Å². The van der Waals surface area contributed by atoms with Crippen LogP contribution in [0.4, 0.5) is 13.2 Å². The molecule has 0 saturated carbocycles. The lowest BCUT2D eigenvalue weighted by Gasteiger charge is -2.22. The Hall–Kier alpha value is -0.0000000000000000486. The van der Waals surface area contributed by atoms with Crippen molar-refractivity contribution in [3.8, 4) is 0 Å². The summed E-state index contributed by atoms with van der Waals surface area (Å²) in [7, 11) is 0. The van der Waals surface area contributed by atoms with Crippen molar-refractivity contribution in [2.75, 3.05) is 13.1 Å². The number of rotatable bonds is 1. The first-order valence-corrected chi connectivity index (χ1v) is 3.41. The van der Waals surface area contributed by atoms with Gasteiger partial charge in [0.2, 0.25) is 0 Å². The maximum absolute atomic E-state index is 11.8. The van der Waals surface area contributed by atoms with Gasteiger partial charge in [0.15, 0.2) is 0 Å². The Labute approximate surface area is 74.6 Å². The zero-order chi connectivity index (χ0) is 8.54. The van der Waals surface area contributed by atoms with Crippen LogP contribution in [0.3, 0.4) is 0 Å². The maximum Gasteiger partial charge on any atom is 0.391 e. The van der Waals surface area contributed by atoms with E-state index in [4.69, 9.17) is 0 Å². The van der Waals surface area contributed by atoms with E-state index in [0.717, 1.165) is 0 Å². The van der Waals surface area contributed by atoms with Crippen LogP contribution >= 0.6 is 12.4 Å². The largest absolute Gasteiger partial charge is 0.391 e. The Morgan fingerprint density at radius 1 is 1.42 bits per heavy atom. The molecule has 1 atom stereocenters. The smallest absolute Gasteiger partial charge is 0.388 e. The molecule has 0 spiro atoms. The fourth-order valence-corrected chi connectivity index (χ4v) is 1.25. The van der Waals surface area contributed by atoms with Crippen molar-refractivity contribution in [2.24, 2.45) is 0 Å². The van der Waals surface area contributed by atoms with E-state index < -0.39 is 18.2 Å². The second-order valence-electron chi connectivity index (χ2n) is 2.94. The second-order valence-corrected chi connectivity index (χ2v) is 2.94. The van der Waals surface area contributed by atoms with E-state index in [0.29, 0.717) is 6.54 Å². The molecule has 0 aromatic heterocycles. The SMILES string of the molecule is Cl.OC1(CC(F)(F)F)CCNC1. The second kappa shape index (κ2) is 3.81. The molecule has 0 aromatic rings. The van der Waals surface area contributed by atoms with Gasteiger partial charge in [0.05, 0.1) is 12.0 Å². The van der Waals surface area contributed by atoms with Crippen molar-refractivity contribution < 1.29 is 18.3 Å². The van der Waals surface area contributed by atoms with Gasteiger partial charge in [-0.1, -0.05) is 0 Å². The zero-order valence-corrected chi connectivity index (χ0v) is 7.13. The van der Waals surface area contributed by atoms with E-state index in [1.807, 2.05) is 0 Å². The maximum atomic E-state index is 11.8. The molecule has 0 radical (unpaired) electrons. The third-order valence-electron chi connectivity index (χ3n) is 1.75. The third-order valence-corrected chi connectivity index (χ3v) is 1.75. The summed E-state index contributed by atoms with van der Waals surface area (Å²) >= 11 is 0. The summed E-state index contributed by atoms with van der Waals surface area (Å²) < 4.78 is 35.3. The lowest BCUT2D eigenvalue weighted by atomic mass is 9.99. The molecular weight excluding hydrogens is 195 g/mol. The van der Waals surface area contributed by atoms with E-state index in [-0.39, 0.29) is 25.4 Å². The van der Waals surface area contributed by atoms with Crippen LogP contribution in [0.5, 0.6) is 0 Å². The number of β-amino-alcohol motifs (C(OH)–C–C–N with tert-alkyl or cyclic N) is 1. The summed E-state index contributed by atoms with van der Waals surface area (Å²) in [6, 6.07) is 0. The van der Waals surface area contributed by atoms with E-state index in [9.17, 15) is 18.3 Å². The van der Waals surface area contributed by atoms with E-state index in [1.165, 1.54) is 0 Å². The first-order chi connectivity index (χ1) is 4.91. The molecule has 12 heavy (non-hydrogen) atoms. The molecule has 2 N–H and O–H groups in total. The highest BCUT2D eigenvalue weighted by molar-refractivity contribution is 5.85. The third kappa shape index (κ3) is 3.60. The molecule has 0 aromatic carbocycles.